The summed E-state index contributed by atoms with van der Waals surface area (Å²) in [4.78, 5) is 32.0. The van der Waals surface area contributed by atoms with Crippen LogP contribution in [0.3, 0.4) is 0 Å². The first-order valence-corrected chi connectivity index (χ1v) is 12.4. The van der Waals surface area contributed by atoms with E-state index in [9.17, 15) is 9.18 Å². The summed E-state index contributed by atoms with van der Waals surface area (Å²) in [5, 5.41) is 0. The number of fused-ring (bicyclic) bond motifs is 2. The molecule has 2 aromatic rings. The first-order valence-electron chi connectivity index (χ1n) is 12.4. The van der Waals surface area contributed by atoms with Gasteiger partial charge < -0.3 is 14.5 Å². The molecule has 5 heterocycles. The van der Waals surface area contributed by atoms with Crippen molar-refractivity contribution in [2.75, 3.05) is 37.7 Å². The minimum absolute atomic E-state index is 0.170. The highest BCUT2D eigenvalue weighted by molar-refractivity contribution is 5.73. The van der Waals surface area contributed by atoms with Crippen molar-refractivity contribution in [3.8, 4) is 11.3 Å². The summed E-state index contributed by atoms with van der Waals surface area (Å²) in [7, 11) is 0. The number of hydrogen-bond acceptors (Lipinski definition) is 7. The minimum atomic E-state index is -0.361. The molecule has 3 aliphatic heterocycles. The Morgan fingerprint density at radius 3 is 2.62 bits per heavy atom. The summed E-state index contributed by atoms with van der Waals surface area (Å²) in [6, 6.07) is 3.04. The third-order valence-corrected chi connectivity index (χ3v) is 8.19. The number of pyridine rings is 1. The first kappa shape index (κ1) is 21.7. The number of amides is 1. The van der Waals surface area contributed by atoms with Gasteiger partial charge in [-0.05, 0) is 45.1 Å². The third-order valence-electron chi connectivity index (χ3n) is 8.19. The Kier molecular flexibility index (Phi) is 5.39. The number of nitrogens with zero attached hydrogens (tertiary/aromatic N) is 6. The third kappa shape index (κ3) is 3.70. The Hall–Kier alpha value is -2.81. The smallest absolute Gasteiger partial charge is 0.409 e. The van der Waals surface area contributed by atoms with E-state index in [1.807, 2.05) is 11.8 Å². The standard InChI is InChI=1S/C25H31FN6O2/c1-2-34-24(33)31-15-25(16-31)6-5-18(10-25)32-19-3-4-20(32)14-30(13-19)23-21(9-17(26)11-29-23)22-12-27-7-8-28-22/h7-9,11-12,18-20H,2-6,10,13-16H2,1H3/t18?,19-,20?/m0/s1. The van der Waals surface area contributed by atoms with Crippen LogP contribution < -0.4 is 4.90 Å². The summed E-state index contributed by atoms with van der Waals surface area (Å²) in [6.07, 6.45) is 12.0. The molecule has 0 radical (unpaired) electrons. The SMILES string of the molecule is CCOC(=O)N1CC2(CCC(N3C4CC[C@H]3CN(c3ncc(F)cc3-c3cnccn3)C4)C2)C1. The van der Waals surface area contributed by atoms with Gasteiger partial charge in [0.2, 0.25) is 0 Å². The number of anilines is 1. The summed E-state index contributed by atoms with van der Waals surface area (Å²) >= 11 is 0. The van der Waals surface area contributed by atoms with Crippen molar-refractivity contribution in [2.24, 2.45) is 5.41 Å². The van der Waals surface area contributed by atoms with Gasteiger partial charge in [-0.25, -0.2) is 14.2 Å². The van der Waals surface area contributed by atoms with Gasteiger partial charge in [-0.2, -0.15) is 0 Å². The lowest BCUT2D eigenvalue weighted by atomic mass is 9.78. The summed E-state index contributed by atoms with van der Waals surface area (Å²) in [5.41, 5.74) is 1.62. The van der Waals surface area contributed by atoms with E-state index in [-0.39, 0.29) is 17.3 Å². The molecule has 9 heteroatoms. The van der Waals surface area contributed by atoms with Gasteiger partial charge in [0.15, 0.2) is 0 Å². The first-order chi connectivity index (χ1) is 16.5. The quantitative estimate of drug-likeness (QED) is 0.684. The molecule has 180 valence electrons. The van der Waals surface area contributed by atoms with Gasteiger partial charge in [-0.3, -0.25) is 14.9 Å². The molecule has 3 saturated heterocycles. The predicted octanol–water partition coefficient (Wildman–Crippen LogP) is 3.34. The molecular formula is C25H31FN6O2. The number of carbonyl (C=O) groups excluding carboxylic acids is 1. The second kappa shape index (κ2) is 8.45. The molecule has 4 aliphatic rings. The molecule has 0 aromatic carbocycles. The van der Waals surface area contributed by atoms with Crippen LogP contribution in [-0.2, 0) is 4.74 Å². The Morgan fingerprint density at radius 1 is 1.12 bits per heavy atom. The maximum atomic E-state index is 14.1. The van der Waals surface area contributed by atoms with Gasteiger partial charge >= 0.3 is 6.09 Å². The van der Waals surface area contributed by atoms with Crippen LogP contribution in [0.4, 0.5) is 15.0 Å². The van der Waals surface area contributed by atoms with Crippen LogP contribution in [0.15, 0.2) is 30.9 Å². The van der Waals surface area contributed by atoms with Crippen molar-refractivity contribution in [2.45, 2.75) is 57.2 Å². The van der Waals surface area contributed by atoms with Crippen LogP contribution >= 0.6 is 0 Å². The van der Waals surface area contributed by atoms with Gasteiger partial charge in [0.25, 0.3) is 0 Å². The number of hydrogen-bond donors (Lipinski definition) is 0. The van der Waals surface area contributed by atoms with E-state index < -0.39 is 0 Å². The zero-order chi connectivity index (χ0) is 23.3. The van der Waals surface area contributed by atoms with Crippen molar-refractivity contribution < 1.29 is 13.9 Å². The molecule has 34 heavy (non-hydrogen) atoms. The van der Waals surface area contributed by atoms with E-state index >= 15 is 0 Å². The molecule has 0 N–H and O–H groups in total. The number of ether oxygens (including phenoxy) is 1. The minimum Gasteiger partial charge on any atom is -0.450 e. The molecule has 2 bridgehead atoms. The number of aromatic nitrogens is 3. The summed E-state index contributed by atoms with van der Waals surface area (Å²) in [6.45, 7) is 5.73. The zero-order valence-electron chi connectivity index (χ0n) is 19.6. The molecule has 3 atom stereocenters. The molecule has 2 unspecified atom stereocenters. The Bertz CT molecular complexity index is 1050. The Morgan fingerprint density at radius 2 is 1.91 bits per heavy atom. The van der Waals surface area contributed by atoms with E-state index in [1.54, 1.807) is 18.6 Å². The maximum Gasteiger partial charge on any atom is 0.409 e. The molecule has 4 fully saturated rings. The van der Waals surface area contributed by atoms with E-state index in [0.29, 0.717) is 36.0 Å². The molecule has 2 aromatic heterocycles. The van der Waals surface area contributed by atoms with Gasteiger partial charge in [-0.15, -0.1) is 0 Å². The molecule has 1 aliphatic carbocycles. The van der Waals surface area contributed by atoms with Crippen molar-refractivity contribution >= 4 is 11.9 Å². The lowest BCUT2D eigenvalue weighted by Crippen LogP contribution is -2.60. The van der Waals surface area contributed by atoms with E-state index in [0.717, 1.165) is 38.4 Å². The molecular weight excluding hydrogens is 435 g/mol. The topological polar surface area (TPSA) is 74.7 Å². The fraction of sp³-hybridized carbons (Fsp3) is 0.600. The average molecular weight is 467 g/mol. The van der Waals surface area contributed by atoms with Crippen LogP contribution in [0.5, 0.6) is 0 Å². The summed E-state index contributed by atoms with van der Waals surface area (Å²) < 4.78 is 19.3. The number of piperazine rings is 1. The monoisotopic (exact) mass is 466 g/mol. The number of likely N-dealkylation sites (tertiary alicyclic amines) is 1. The van der Waals surface area contributed by atoms with Crippen molar-refractivity contribution in [3.05, 3.63) is 36.7 Å². The van der Waals surface area contributed by atoms with Crippen LogP contribution in [0.1, 0.15) is 39.0 Å². The number of halogens is 1. The fourth-order valence-corrected chi connectivity index (χ4v) is 6.84. The number of carbonyl (C=O) groups is 1. The molecule has 1 spiro atoms. The Labute approximate surface area is 199 Å². The highest BCUT2D eigenvalue weighted by Crippen LogP contribution is 2.50. The van der Waals surface area contributed by atoms with Crippen LogP contribution in [0.2, 0.25) is 0 Å². The van der Waals surface area contributed by atoms with Gasteiger partial charge in [0.05, 0.1) is 24.7 Å². The lowest BCUT2D eigenvalue weighted by molar-refractivity contribution is -0.00566. The lowest BCUT2D eigenvalue weighted by Gasteiger charge is -2.49. The highest BCUT2D eigenvalue weighted by atomic mass is 19.1. The molecule has 1 saturated carbocycles. The normalized spacial score (nSPS) is 27.8. The molecule has 6 rings (SSSR count). The van der Waals surface area contributed by atoms with E-state index in [2.05, 4.69) is 24.8 Å². The van der Waals surface area contributed by atoms with Crippen molar-refractivity contribution in [1.82, 2.24) is 24.8 Å². The molecule has 1 amide bonds. The van der Waals surface area contributed by atoms with E-state index in [1.165, 1.54) is 37.9 Å². The van der Waals surface area contributed by atoms with Gasteiger partial charge in [0, 0.05) is 67.7 Å². The van der Waals surface area contributed by atoms with Gasteiger partial charge in [0.1, 0.15) is 11.6 Å². The van der Waals surface area contributed by atoms with Crippen LogP contribution in [-0.4, -0.2) is 81.8 Å². The Balaban J connectivity index is 1.16. The number of rotatable bonds is 4. The maximum absolute atomic E-state index is 14.1. The summed E-state index contributed by atoms with van der Waals surface area (Å²) in [5.74, 6) is 0.435. The van der Waals surface area contributed by atoms with Crippen molar-refractivity contribution in [3.63, 3.8) is 0 Å². The zero-order valence-corrected chi connectivity index (χ0v) is 19.6. The predicted molar refractivity (Wildman–Crippen MR) is 125 cm³/mol. The second-order valence-corrected chi connectivity index (χ2v) is 10.3. The van der Waals surface area contributed by atoms with Crippen LogP contribution in [0, 0.1) is 11.2 Å². The molecule has 8 nitrogen and oxygen atoms in total. The van der Waals surface area contributed by atoms with Crippen molar-refractivity contribution in [1.29, 1.82) is 0 Å². The second-order valence-electron chi connectivity index (χ2n) is 10.3. The van der Waals surface area contributed by atoms with Gasteiger partial charge in [-0.1, -0.05) is 0 Å². The fourth-order valence-electron chi connectivity index (χ4n) is 6.84. The highest BCUT2D eigenvalue weighted by Gasteiger charge is 2.54. The van der Waals surface area contributed by atoms with Crippen LogP contribution in [0.25, 0.3) is 11.3 Å². The average Bonchev–Trinajstić information content (AvgIpc) is 3.37. The largest absolute Gasteiger partial charge is 0.450 e. The van der Waals surface area contributed by atoms with E-state index in [4.69, 9.17) is 4.74 Å².